The number of nitrogens with one attached hydrogen (secondary N) is 1. The summed E-state index contributed by atoms with van der Waals surface area (Å²) in [5.74, 6) is 1.04. The van der Waals surface area contributed by atoms with Gasteiger partial charge in [0, 0.05) is 23.2 Å². The molecule has 0 aliphatic carbocycles. The Morgan fingerprint density at radius 3 is 3.00 bits per heavy atom. The summed E-state index contributed by atoms with van der Waals surface area (Å²) in [6.07, 6.45) is 0. The molecule has 2 rings (SSSR count). The molecule has 2 nitrogen and oxygen atoms in total. The molecule has 1 aromatic carbocycles. The minimum Gasteiger partial charge on any atom is -0.384 e. The van der Waals surface area contributed by atoms with E-state index < -0.39 is 0 Å². The number of hydrogen-bond donors (Lipinski definition) is 2. The lowest BCUT2D eigenvalue weighted by atomic mass is 9.88. The molecule has 0 bridgehead atoms. The Labute approximate surface area is 95.8 Å². The van der Waals surface area contributed by atoms with Gasteiger partial charge in [-0.1, -0.05) is 24.6 Å². The Kier molecular flexibility index (Phi) is 2.89. The molecule has 1 heterocycles. The number of halogens is 1. The van der Waals surface area contributed by atoms with Crippen LogP contribution in [0.3, 0.4) is 0 Å². The summed E-state index contributed by atoms with van der Waals surface area (Å²) in [5.41, 5.74) is 9.46. The van der Waals surface area contributed by atoms with Crippen molar-refractivity contribution in [1.82, 2.24) is 0 Å². The normalized spacial score (nSPS) is 20.9. The van der Waals surface area contributed by atoms with E-state index in [9.17, 15) is 0 Å². The lowest BCUT2D eigenvalue weighted by molar-refractivity contribution is 0.498. The number of rotatable bonds is 2. The van der Waals surface area contributed by atoms with Crippen LogP contribution in [-0.4, -0.2) is 13.1 Å². The van der Waals surface area contributed by atoms with Crippen molar-refractivity contribution in [2.45, 2.75) is 19.8 Å². The minimum atomic E-state index is 0.513. The molecular formula is C12H17ClN2. The lowest BCUT2D eigenvalue weighted by Crippen LogP contribution is -2.20. The highest BCUT2D eigenvalue weighted by Crippen LogP contribution is 2.40. The van der Waals surface area contributed by atoms with Crippen molar-refractivity contribution in [3.8, 4) is 0 Å². The van der Waals surface area contributed by atoms with E-state index in [1.165, 1.54) is 11.3 Å². The topological polar surface area (TPSA) is 38.0 Å². The lowest BCUT2D eigenvalue weighted by Gasteiger charge is -2.17. The van der Waals surface area contributed by atoms with Gasteiger partial charge in [0.25, 0.3) is 0 Å². The Hall–Kier alpha value is -0.730. The molecule has 1 aromatic rings. The first-order valence-corrected chi connectivity index (χ1v) is 5.76. The largest absolute Gasteiger partial charge is 0.384 e. The van der Waals surface area contributed by atoms with Gasteiger partial charge in [-0.15, -0.1) is 0 Å². The van der Waals surface area contributed by atoms with Crippen LogP contribution in [0.25, 0.3) is 0 Å². The Morgan fingerprint density at radius 2 is 2.33 bits per heavy atom. The van der Waals surface area contributed by atoms with E-state index in [0.29, 0.717) is 11.8 Å². The zero-order valence-corrected chi connectivity index (χ0v) is 9.93. The van der Waals surface area contributed by atoms with Crippen LogP contribution in [0, 0.1) is 12.8 Å². The third-order valence-electron chi connectivity index (χ3n) is 3.39. The van der Waals surface area contributed by atoms with E-state index in [-0.39, 0.29) is 0 Å². The van der Waals surface area contributed by atoms with E-state index in [1.807, 2.05) is 6.07 Å². The zero-order chi connectivity index (χ0) is 11.0. The van der Waals surface area contributed by atoms with Gasteiger partial charge in [0.1, 0.15) is 0 Å². The molecule has 0 saturated carbocycles. The van der Waals surface area contributed by atoms with Crippen LogP contribution >= 0.6 is 11.6 Å². The van der Waals surface area contributed by atoms with Gasteiger partial charge in [0.05, 0.1) is 0 Å². The van der Waals surface area contributed by atoms with Crippen LogP contribution in [0.1, 0.15) is 24.0 Å². The molecule has 3 heteroatoms. The number of nitrogens with two attached hydrogens (primary N) is 1. The van der Waals surface area contributed by atoms with Gasteiger partial charge in [-0.2, -0.15) is 0 Å². The quantitative estimate of drug-likeness (QED) is 0.811. The summed E-state index contributed by atoms with van der Waals surface area (Å²) in [6.45, 7) is 5.97. The molecular weight excluding hydrogens is 208 g/mol. The number of benzene rings is 1. The average molecular weight is 225 g/mol. The molecule has 1 aliphatic rings. The second-order valence-electron chi connectivity index (χ2n) is 4.34. The molecule has 0 radical (unpaired) electrons. The maximum atomic E-state index is 6.09. The SMILES string of the molecule is Cc1c(Cl)ccc2c1NCC2C(C)CN. The smallest absolute Gasteiger partial charge is 0.0455 e. The van der Waals surface area contributed by atoms with E-state index in [1.54, 1.807) is 0 Å². The highest BCUT2D eigenvalue weighted by atomic mass is 35.5. The molecule has 82 valence electrons. The van der Waals surface area contributed by atoms with Crippen molar-refractivity contribution < 1.29 is 0 Å². The summed E-state index contributed by atoms with van der Waals surface area (Å²) in [6, 6.07) is 4.11. The van der Waals surface area contributed by atoms with Crippen molar-refractivity contribution in [1.29, 1.82) is 0 Å². The summed E-state index contributed by atoms with van der Waals surface area (Å²) < 4.78 is 0. The molecule has 0 saturated heterocycles. The summed E-state index contributed by atoms with van der Waals surface area (Å²) >= 11 is 6.09. The molecule has 0 amide bonds. The fourth-order valence-electron chi connectivity index (χ4n) is 2.24. The highest BCUT2D eigenvalue weighted by Gasteiger charge is 2.27. The third kappa shape index (κ3) is 1.72. The summed E-state index contributed by atoms with van der Waals surface area (Å²) in [4.78, 5) is 0. The maximum absolute atomic E-state index is 6.09. The van der Waals surface area contributed by atoms with Crippen LogP contribution in [0.4, 0.5) is 5.69 Å². The van der Waals surface area contributed by atoms with Crippen molar-refractivity contribution >= 4 is 17.3 Å². The van der Waals surface area contributed by atoms with Crippen LogP contribution < -0.4 is 11.1 Å². The second kappa shape index (κ2) is 4.03. The summed E-state index contributed by atoms with van der Waals surface area (Å²) in [7, 11) is 0. The van der Waals surface area contributed by atoms with Crippen molar-refractivity contribution in [3.05, 3.63) is 28.3 Å². The van der Waals surface area contributed by atoms with E-state index >= 15 is 0 Å². The first-order valence-electron chi connectivity index (χ1n) is 5.38. The van der Waals surface area contributed by atoms with Crippen molar-refractivity contribution in [3.63, 3.8) is 0 Å². The van der Waals surface area contributed by atoms with E-state index in [4.69, 9.17) is 17.3 Å². The number of hydrogen-bond acceptors (Lipinski definition) is 2. The molecule has 15 heavy (non-hydrogen) atoms. The number of anilines is 1. The maximum Gasteiger partial charge on any atom is 0.0455 e. The molecule has 2 atom stereocenters. The van der Waals surface area contributed by atoms with Crippen LogP contribution in [0.5, 0.6) is 0 Å². The Balaban J connectivity index is 2.40. The van der Waals surface area contributed by atoms with Gasteiger partial charge < -0.3 is 11.1 Å². The van der Waals surface area contributed by atoms with E-state index in [2.05, 4.69) is 25.2 Å². The highest BCUT2D eigenvalue weighted by molar-refractivity contribution is 6.31. The second-order valence-corrected chi connectivity index (χ2v) is 4.74. The minimum absolute atomic E-state index is 0.513. The Morgan fingerprint density at radius 1 is 1.60 bits per heavy atom. The number of fused-ring (bicyclic) bond motifs is 1. The fraction of sp³-hybridized carbons (Fsp3) is 0.500. The zero-order valence-electron chi connectivity index (χ0n) is 9.18. The van der Waals surface area contributed by atoms with Gasteiger partial charge in [-0.3, -0.25) is 0 Å². The third-order valence-corrected chi connectivity index (χ3v) is 3.80. The van der Waals surface area contributed by atoms with Crippen molar-refractivity contribution in [2.75, 3.05) is 18.4 Å². The van der Waals surface area contributed by atoms with Gasteiger partial charge in [0.15, 0.2) is 0 Å². The molecule has 0 aromatic heterocycles. The van der Waals surface area contributed by atoms with Gasteiger partial charge in [-0.25, -0.2) is 0 Å². The standard InChI is InChI=1S/C12H17ClN2/c1-7(5-14)10-6-15-12-8(2)11(13)4-3-9(10)12/h3-4,7,10,15H,5-6,14H2,1-2H3. The monoisotopic (exact) mass is 224 g/mol. The Bertz CT molecular complexity index is 376. The molecule has 3 N–H and O–H groups in total. The summed E-state index contributed by atoms with van der Waals surface area (Å²) in [5, 5.41) is 4.27. The van der Waals surface area contributed by atoms with Crippen LogP contribution in [-0.2, 0) is 0 Å². The van der Waals surface area contributed by atoms with E-state index in [0.717, 1.165) is 23.7 Å². The molecule has 0 fully saturated rings. The first kappa shape index (κ1) is 10.8. The molecule has 1 aliphatic heterocycles. The average Bonchev–Trinajstić information content (AvgIpc) is 2.66. The van der Waals surface area contributed by atoms with Gasteiger partial charge in [-0.05, 0) is 36.6 Å². The first-order chi connectivity index (χ1) is 7.15. The molecule has 0 spiro atoms. The van der Waals surface area contributed by atoms with Gasteiger partial charge >= 0.3 is 0 Å². The predicted octanol–water partition coefficient (Wildman–Crippen LogP) is 2.75. The molecule has 2 unspecified atom stereocenters. The van der Waals surface area contributed by atoms with Gasteiger partial charge in [0.2, 0.25) is 0 Å². The van der Waals surface area contributed by atoms with Crippen molar-refractivity contribution in [2.24, 2.45) is 11.7 Å². The van der Waals surface area contributed by atoms with Crippen LogP contribution in [0.15, 0.2) is 12.1 Å². The predicted molar refractivity (Wildman–Crippen MR) is 65.6 cm³/mol. The van der Waals surface area contributed by atoms with Crippen LogP contribution in [0.2, 0.25) is 5.02 Å². The fourth-order valence-corrected chi connectivity index (χ4v) is 2.40.